The highest BCUT2D eigenvalue weighted by atomic mass is 79.9. The van der Waals surface area contributed by atoms with Crippen LogP contribution in [-0.2, 0) is 4.74 Å². The van der Waals surface area contributed by atoms with E-state index in [1.165, 1.54) is 17.0 Å². The highest BCUT2D eigenvalue weighted by Gasteiger charge is 2.56. The Bertz CT molecular complexity index is 462. The van der Waals surface area contributed by atoms with Crippen molar-refractivity contribution in [3.8, 4) is 0 Å². The highest BCUT2D eigenvalue weighted by molar-refractivity contribution is 9.10. The molecule has 0 N–H and O–H groups in total. The van der Waals surface area contributed by atoms with Gasteiger partial charge in [0.1, 0.15) is 6.04 Å². The predicted molar refractivity (Wildman–Crippen MR) is 67.8 cm³/mol. The molecule has 0 radical (unpaired) electrons. The van der Waals surface area contributed by atoms with Crippen molar-refractivity contribution in [3.63, 3.8) is 0 Å². The van der Waals surface area contributed by atoms with Crippen molar-refractivity contribution in [1.82, 2.24) is 4.90 Å². The summed E-state index contributed by atoms with van der Waals surface area (Å²) in [5.41, 5.74) is 0.282. The number of nitrogens with zero attached hydrogens (tertiary/aromatic N) is 1. The van der Waals surface area contributed by atoms with Gasteiger partial charge in [0, 0.05) is 23.0 Å². The molecular weight excluding hydrogens is 323 g/mol. The number of ether oxygens (including phenoxy) is 1. The van der Waals surface area contributed by atoms with Gasteiger partial charge in [-0.1, -0.05) is 28.1 Å². The van der Waals surface area contributed by atoms with Gasteiger partial charge in [0.05, 0.1) is 13.2 Å². The van der Waals surface area contributed by atoms with Crippen LogP contribution >= 0.6 is 15.9 Å². The number of benzene rings is 1. The molecular formula is C13H13BrF3NO. The van der Waals surface area contributed by atoms with Gasteiger partial charge in [-0.15, -0.1) is 0 Å². The van der Waals surface area contributed by atoms with Gasteiger partial charge < -0.3 is 4.74 Å². The Morgan fingerprint density at radius 2 is 1.74 bits per heavy atom. The molecule has 2 saturated heterocycles. The van der Waals surface area contributed by atoms with Gasteiger partial charge in [-0.25, -0.2) is 0 Å². The molecule has 2 aliphatic rings. The third kappa shape index (κ3) is 2.41. The molecule has 2 nitrogen and oxygen atoms in total. The Balaban J connectivity index is 1.81. The lowest BCUT2D eigenvalue weighted by Crippen LogP contribution is -2.67. The lowest BCUT2D eigenvalue weighted by molar-refractivity contribution is -0.252. The molecule has 0 bridgehead atoms. The van der Waals surface area contributed by atoms with Crippen molar-refractivity contribution < 1.29 is 17.9 Å². The summed E-state index contributed by atoms with van der Waals surface area (Å²) in [6.45, 7) is 2.11. The van der Waals surface area contributed by atoms with E-state index >= 15 is 0 Å². The summed E-state index contributed by atoms with van der Waals surface area (Å²) in [5, 5.41) is 0. The van der Waals surface area contributed by atoms with Crippen LogP contribution in [0.2, 0.25) is 0 Å². The summed E-state index contributed by atoms with van der Waals surface area (Å²) in [6, 6.07) is 4.85. The number of rotatable bonds is 2. The normalized spacial score (nSPS) is 23.8. The minimum absolute atomic E-state index is 0.0150. The molecule has 2 fully saturated rings. The Morgan fingerprint density at radius 1 is 1.16 bits per heavy atom. The highest BCUT2D eigenvalue weighted by Crippen LogP contribution is 2.47. The maximum atomic E-state index is 13.3. The van der Waals surface area contributed by atoms with Crippen LogP contribution in [0.3, 0.4) is 0 Å². The lowest BCUT2D eigenvalue weighted by atomic mass is 9.76. The second kappa shape index (κ2) is 4.46. The van der Waals surface area contributed by atoms with E-state index < -0.39 is 12.2 Å². The van der Waals surface area contributed by atoms with Crippen molar-refractivity contribution in [3.05, 3.63) is 34.3 Å². The number of hydrogen-bond donors (Lipinski definition) is 0. The van der Waals surface area contributed by atoms with Crippen molar-refractivity contribution in [2.75, 3.05) is 26.3 Å². The third-order valence-corrected chi connectivity index (χ3v) is 4.28. The zero-order valence-corrected chi connectivity index (χ0v) is 11.7. The minimum Gasteiger partial charge on any atom is -0.380 e. The second-order valence-corrected chi connectivity index (χ2v) is 6.31. The average Bonchev–Trinajstić information content (AvgIpc) is 2.20. The first-order valence-electron chi connectivity index (χ1n) is 6.04. The molecule has 0 aliphatic carbocycles. The topological polar surface area (TPSA) is 12.5 Å². The molecule has 1 atom stereocenters. The lowest BCUT2D eigenvalue weighted by Gasteiger charge is -2.57. The fourth-order valence-electron chi connectivity index (χ4n) is 2.82. The quantitative estimate of drug-likeness (QED) is 0.821. The molecule has 0 aromatic heterocycles. The second-order valence-electron chi connectivity index (χ2n) is 5.39. The average molecular weight is 336 g/mol. The molecule has 2 aliphatic heterocycles. The van der Waals surface area contributed by atoms with Gasteiger partial charge >= 0.3 is 6.18 Å². The molecule has 1 unspecified atom stereocenters. The summed E-state index contributed by atoms with van der Waals surface area (Å²) in [6.07, 6.45) is -4.25. The van der Waals surface area contributed by atoms with Crippen LogP contribution in [0.25, 0.3) is 0 Å². The first kappa shape index (κ1) is 13.4. The summed E-state index contributed by atoms with van der Waals surface area (Å²) in [5.74, 6) is 0. The monoisotopic (exact) mass is 335 g/mol. The predicted octanol–water partition coefficient (Wildman–Crippen LogP) is 3.38. The van der Waals surface area contributed by atoms with Gasteiger partial charge in [0.25, 0.3) is 0 Å². The zero-order chi connectivity index (χ0) is 13.7. The zero-order valence-electron chi connectivity index (χ0n) is 10.1. The molecule has 1 spiro atoms. The van der Waals surface area contributed by atoms with Crippen molar-refractivity contribution in [1.29, 1.82) is 0 Å². The van der Waals surface area contributed by atoms with Gasteiger partial charge in [-0.3, -0.25) is 4.90 Å². The van der Waals surface area contributed by atoms with Gasteiger partial charge in [0.2, 0.25) is 0 Å². The summed E-state index contributed by atoms with van der Waals surface area (Å²) >= 11 is 3.24. The Labute approximate surface area is 117 Å². The van der Waals surface area contributed by atoms with Crippen molar-refractivity contribution in [2.24, 2.45) is 5.41 Å². The van der Waals surface area contributed by atoms with Crippen molar-refractivity contribution in [2.45, 2.75) is 12.2 Å². The van der Waals surface area contributed by atoms with Crippen molar-refractivity contribution >= 4 is 15.9 Å². The molecule has 19 heavy (non-hydrogen) atoms. The third-order valence-electron chi connectivity index (χ3n) is 3.75. The first-order chi connectivity index (χ1) is 8.90. The Kier molecular flexibility index (Phi) is 3.15. The van der Waals surface area contributed by atoms with E-state index in [2.05, 4.69) is 15.9 Å². The first-order valence-corrected chi connectivity index (χ1v) is 6.83. The van der Waals surface area contributed by atoms with Crippen LogP contribution in [0, 0.1) is 5.41 Å². The Morgan fingerprint density at radius 3 is 2.16 bits per heavy atom. The van der Waals surface area contributed by atoms with Gasteiger partial charge in [0.15, 0.2) is 0 Å². The largest absolute Gasteiger partial charge is 0.408 e. The van der Waals surface area contributed by atoms with Crippen LogP contribution in [0.4, 0.5) is 13.2 Å². The maximum Gasteiger partial charge on any atom is 0.408 e. The molecule has 3 rings (SSSR count). The summed E-state index contributed by atoms with van der Waals surface area (Å²) in [7, 11) is 0. The fourth-order valence-corrected chi connectivity index (χ4v) is 3.09. The number of hydrogen-bond acceptors (Lipinski definition) is 2. The Hall–Kier alpha value is -0.590. The standard InChI is InChI=1S/C13H13BrF3NO/c14-10-3-1-9(2-4-10)11(13(15,16)17)18-5-12(6-18)7-19-8-12/h1-4,11H,5-8H2. The van der Waals surface area contributed by atoms with Crippen LogP contribution < -0.4 is 0 Å². The molecule has 1 aromatic rings. The molecule has 0 amide bonds. The molecule has 0 saturated carbocycles. The minimum atomic E-state index is -4.25. The SMILES string of the molecule is FC(F)(F)C(c1ccc(Br)cc1)N1CC2(COC2)C1. The molecule has 1 aromatic carbocycles. The van der Waals surface area contributed by atoms with Crippen LogP contribution in [0.5, 0.6) is 0 Å². The van der Waals surface area contributed by atoms with E-state index in [9.17, 15) is 13.2 Å². The summed E-state index contributed by atoms with van der Waals surface area (Å²) < 4.78 is 45.7. The van der Waals surface area contributed by atoms with Crippen LogP contribution in [0.1, 0.15) is 11.6 Å². The van der Waals surface area contributed by atoms with E-state index in [-0.39, 0.29) is 5.41 Å². The summed E-state index contributed by atoms with van der Waals surface area (Å²) in [4.78, 5) is 1.49. The van der Waals surface area contributed by atoms with Gasteiger partial charge in [-0.05, 0) is 17.7 Å². The van der Waals surface area contributed by atoms with Gasteiger partial charge in [-0.2, -0.15) is 13.2 Å². The maximum absolute atomic E-state index is 13.3. The number of likely N-dealkylation sites (tertiary alicyclic amines) is 1. The van der Waals surface area contributed by atoms with Crippen LogP contribution in [0.15, 0.2) is 28.7 Å². The van der Waals surface area contributed by atoms with E-state index in [0.29, 0.717) is 31.9 Å². The van der Waals surface area contributed by atoms with Crippen LogP contribution in [-0.4, -0.2) is 37.4 Å². The molecule has 104 valence electrons. The fraction of sp³-hybridized carbons (Fsp3) is 0.538. The molecule has 6 heteroatoms. The van der Waals surface area contributed by atoms with E-state index in [0.717, 1.165) is 4.47 Å². The van der Waals surface area contributed by atoms with E-state index in [1.807, 2.05) is 0 Å². The number of halogens is 4. The molecule has 2 heterocycles. The van der Waals surface area contributed by atoms with E-state index in [4.69, 9.17) is 4.74 Å². The number of alkyl halides is 3. The van der Waals surface area contributed by atoms with E-state index in [1.54, 1.807) is 12.1 Å². The smallest absolute Gasteiger partial charge is 0.380 e.